The van der Waals surface area contributed by atoms with Crippen LogP contribution in [-0.2, 0) is 11.2 Å². The molecule has 162 valence electrons. The van der Waals surface area contributed by atoms with Gasteiger partial charge in [-0.2, -0.15) is 0 Å². The highest BCUT2D eigenvalue weighted by atomic mass is 16.5. The van der Waals surface area contributed by atoms with Crippen LogP contribution in [0.15, 0.2) is 36.4 Å². The molecule has 2 aliphatic heterocycles. The first-order valence-electron chi connectivity index (χ1n) is 10.6. The third kappa shape index (κ3) is 4.35. The van der Waals surface area contributed by atoms with Crippen LogP contribution in [-0.4, -0.2) is 65.1 Å². The zero-order chi connectivity index (χ0) is 21.1. The maximum atomic E-state index is 6.36. The second-order valence-electron chi connectivity index (χ2n) is 8.03. The Morgan fingerprint density at radius 3 is 2.20 bits per heavy atom. The molecule has 30 heavy (non-hydrogen) atoms. The monoisotopic (exact) mass is 412 g/mol. The van der Waals surface area contributed by atoms with E-state index in [0.717, 1.165) is 56.4 Å². The van der Waals surface area contributed by atoms with E-state index in [2.05, 4.69) is 41.0 Å². The van der Waals surface area contributed by atoms with E-state index < -0.39 is 0 Å². The minimum absolute atomic E-state index is 0.0519. The summed E-state index contributed by atoms with van der Waals surface area (Å²) in [6.45, 7) is 7.09. The summed E-state index contributed by atoms with van der Waals surface area (Å²) < 4.78 is 22.7. The van der Waals surface area contributed by atoms with E-state index >= 15 is 0 Å². The Kier molecular flexibility index (Phi) is 6.35. The Hall–Kier alpha value is -2.44. The van der Waals surface area contributed by atoms with Gasteiger partial charge in [-0.1, -0.05) is 0 Å². The maximum absolute atomic E-state index is 6.36. The van der Waals surface area contributed by atoms with Crippen molar-refractivity contribution in [1.29, 1.82) is 0 Å². The van der Waals surface area contributed by atoms with Gasteiger partial charge >= 0.3 is 0 Å². The van der Waals surface area contributed by atoms with E-state index in [1.165, 1.54) is 16.8 Å². The first kappa shape index (κ1) is 20.8. The fraction of sp³-hybridized carbons (Fsp3) is 0.500. The number of methoxy groups -OCH3 is 3. The Morgan fingerprint density at radius 1 is 0.900 bits per heavy atom. The van der Waals surface area contributed by atoms with Crippen LogP contribution in [0.4, 0.5) is 5.69 Å². The predicted octanol–water partition coefficient (Wildman–Crippen LogP) is 3.54. The zero-order valence-electron chi connectivity index (χ0n) is 18.4. The van der Waals surface area contributed by atoms with E-state index in [4.69, 9.17) is 18.9 Å². The summed E-state index contributed by atoms with van der Waals surface area (Å²) in [5.41, 5.74) is 3.77. The van der Waals surface area contributed by atoms with Crippen molar-refractivity contribution in [2.24, 2.45) is 0 Å². The van der Waals surface area contributed by atoms with Gasteiger partial charge in [-0.25, -0.2) is 0 Å². The Morgan fingerprint density at radius 2 is 1.57 bits per heavy atom. The molecule has 0 radical (unpaired) electrons. The lowest BCUT2D eigenvalue weighted by Crippen LogP contribution is -2.48. The summed E-state index contributed by atoms with van der Waals surface area (Å²) in [7, 11) is 5.07. The SMILES string of the molecule is COc1ccc(N2CCN(C[C@H]3O[C@@H](C)Cc4cc(OC)c(OC)cc43)CC2)cc1. The van der Waals surface area contributed by atoms with Crippen molar-refractivity contribution in [1.82, 2.24) is 4.90 Å². The van der Waals surface area contributed by atoms with Gasteiger partial charge in [0.2, 0.25) is 0 Å². The number of benzene rings is 2. The molecule has 4 rings (SSSR count). The van der Waals surface area contributed by atoms with E-state index in [1.54, 1.807) is 21.3 Å². The molecule has 2 aromatic carbocycles. The van der Waals surface area contributed by atoms with Crippen LogP contribution in [0.3, 0.4) is 0 Å². The number of fused-ring (bicyclic) bond motifs is 1. The van der Waals surface area contributed by atoms with Crippen molar-refractivity contribution >= 4 is 5.69 Å². The molecule has 0 spiro atoms. The minimum Gasteiger partial charge on any atom is -0.497 e. The number of anilines is 1. The van der Waals surface area contributed by atoms with Crippen molar-refractivity contribution in [3.63, 3.8) is 0 Å². The van der Waals surface area contributed by atoms with Gasteiger partial charge < -0.3 is 23.8 Å². The average molecular weight is 413 g/mol. The van der Waals surface area contributed by atoms with Crippen LogP contribution in [0, 0.1) is 0 Å². The Labute approximate surface area is 179 Å². The third-order valence-electron chi connectivity index (χ3n) is 6.13. The molecule has 0 amide bonds. The van der Waals surface area contributed by atoms with Crippen LogP contribution in [0.25, 0.3) is 0 Å². The molecule has 0 aromatic heterocycles. The van der Waals surface area contributed by atoms with Gasteiger partial charge in [-0.15, -0.1) is 0 Å². The van der Waals surface area contributed by atoms with E-state index in [9.17, 15) is 0 Å². The summed E-state index contributed by atoms with van der Waals surface area (Å²) in [6.07, 6.45) is 1.15. The van der Waals surface area contributed by atoms with E-state index in [-0.39, 0.29) is 12.2 Å². The number of nitrogens with zero attached hydrogens (tertiary/aromatic N) is 2. The average Bonchev–Trinajstić information content (AvgIpc) is 2.78. The van der Waals surface area contributed by atoms with Gasteiger partial charge in [0.15, 0.2) is 11.5 Å². The maximum Gasteiger partial charge on any atom is 0.161 e. The Balaban J connectivity index is 1.43. The van der Waals surface area contributed by atoms with Gasteiger partial charge in [0.1, 0.15) is 5.75 Å². The molecule has 2 aliphatic rings. The smallest absolute Gasteiger partial charge is 0.161 e. The first-order valence-corrected chi connectivity index (χ1v) is 10.6. The molecule has 0 unspecified atom stereocenters. The molecule has 2 atom stereocenters. The molecule has 2 heterocycles. The van der Waals surface area contributed by atoms with Gasteiger partial charge in [0, 0.05) is 38.4 Å². The van der Waals surface area contributed by atoms with Gasteiger partial charge in [-0.3, -0.25) is 4.90 Å². The third-order valence-corrected chi connectivity index (χ3v) is 6.13. The molecule has 1 fully saturated rings. The highest BCUT2D eigenvalue weighted by Crippen LogP contribution is 2.39. The van der Waals surface area contributed by atoms with Crippen LogP contribution < -0.4 is 19.1 Å². The molecular weight excluding hydrogens is 380 g/mol. The number of ether oxygens (including phenoxy) is 4. The fourth-order valence-electron chi connectivity index (χ4n) is 4.48. The normalized spacial score (nSPS) is 21.8. The van der Waals surface area contributed by atoms with Crippen LogP contribution in [0.2, 0.25) is 0 Å². The number of rotatable bonds is 6. The highest BCUT2D eigenvalue weighted by Gasteiger charge is 2.30. The molecule has 6 heteroatoms. The second-order valence-corrected chi connectivity index (χ2v) is 8.03. The summed E-state index contributed by atoms with van der Waals surface area (Å²) in [5.74, 6) is 2.45. The molecule has 6 nitrogen and oxygen atoms in total. The standard InChI is InChI=1S/C24H32N2O4/c1-17-13-18-14-22(28-3)23(29-4)15-21(18)24(30-17)16-25-9-11-26(12-10-25)19-5-7-20(27-2)8-6-19/h5-8,14-15,17,24H,9-13,16H2,1-4H3/t17-,24+/m0/s1. The van der Waals surface area contributed by atoms with E-state index in [0.29, 0.717) is 0 Å². The number of hydrogen-bond acceptors (Lipinski definition) is 6. The minimum atomic E-state index is 0.0519. The van der Waals surface area contributed by atoms with Crippen molar-refractivity contribution in [2.45, 2.75) is 25.6 Å². The summed E-state index contributed by atoms with van der Waals surface area (Å²) in [4.78, 5) is 4.94. The molecule has 1 saturated heterocycles. The van der Waals surface area contributed by atoms with Crippen molar-refractivity contribution < 1.29 is 18.9 Å². The summed E-state index contributed by atoms with van der Waals surface area (Å²) >= 11 is 0. The largest absolute Gasteiger partial charge is 0.497 e. The van der Waals surface area contributed by atoms with Gasteiger partial charge in [0.05, 0.1) is 33.5 Å². The van der Waals surface area contributed by atoms with Crippen molar-refractivity contribution in [2.75, 3.05) is 59.0 Å². The number of hydrogen-bond donors (Lipinski definition) is 0. The fourth-order valence-corrected chi connectivity index (χ4v) is 4.48. The van der Waals surface area contributed by atoms with Crippen LogP contribution >= 0.6 is 0 Å². The predicted molar refractivity (Wildman–Crippen MR) is 118 cm³/mol. The van der Waals surface area contributed by atoms with Crippen LogP contribution in [0.1, 0.15) is 24.2 Å². The second kappa shape index (κ2) is 9.14. The lowest BCUT2D eigenvalue weighted by molar-refractivity contribution is -0.0337. The molecule has 0 bridgehead atoms. The van der Waals surface area contributed by atoms with Gasteiger partial charge in [-0.05, 0) is 60.9 Å². The van der Waals surface area contributed by atoms with E-state index in [1.807, 2.05) is 12.1 Å². The lowest BCUT2D eigenvalue weighted by atomic mass is 9.93. The highest BCUT2D eigenvalue weighted by molar-refractivity contribution is 5.50. The first-order chi connectivity index (χ1) is 14.6. The molecule has 0 aliphatic carbocycles. The summed E-state index contributed by atoms with van der Waals surface area (Å²) in [5, 5.41) is 0. The summed E-state index contributed by atoms with van der Waals surface area (Å²) in [6, 6.07) is 12.5. The molecular formula is C24H32N2O4. The van der Waals surface area contributed by atoms with Crippen molar-refractivity contribution in [3.05, 3.63) is 47.5 Å². The lowest BCUT2D eigenvalue weighted by Gasteiger charge is -2.39. The molecule has 2 aromatic rings. The Bertz CT molecular complexity index is 847. The molecule has 0 N–H and O–H groups in total. The van der Waals surface area contributed by atoms with Crippen LogP contribution in [0.5, 0.6) is 17.2 Å². The van der Waals surface area contributed by atoms with Gasteiger partial charge in [0.25, 0.3) is 0 Å². The van der Waals surface area contributed by atoms with Crippen molar-refractivity contribution in [3.8, 4) is 17.2 Å². The molecule has 0 saturated carbocycles. The quantitative estimate of drug-likeness (QED) is 0.723. The zero-order valence-corrected chi connectivity index (χ0v) is 18.4. The topological polar surface area (TPSA) is 43.4 Å². The number of piperazine rings is 1.